The van der Waals surface area contributed by atoms with E-state index in [4.69, 9.17) is 14.5 Å². The van der Waals surface area contributed by atoms with E-state index in [-0.39, 0.29) is 0 Å². The molecule has 9 heteroatoms. The highest BCUT2D eigenvalue weighted by molar-refractivity contribution is 7.98. The van der Waals surface area contributed by atoms with Crippen LogP contribution in [0.15, 0.2) is 53.0 Å². The van der Waals surface area contributed by atoms with E-state index < -0.39 is 0 Å². The van der Waals surface area contributed by atoms with Crippen LogP contribution in [0.5, 0.6) is 11.5 Å². The zero-order chi connectivity index (χ0) is 19.8. The molecule has 0 amide bonds. The van der Waals surface area contributed by atoms with Crippen molar-refractivity contribution in [3.63, 3.8) is 0 Å². The first kappa shape index (κ1) is 18.4. The number of fused-ring (bicyclic) bond motifs is 3. The van der Waals surface area contributed by atoms with Gasteiger partial charge in [-0.25, -0.2) is 4.98 Å². The molecule has 0 aliphatic heterocycles. The Bertz CT molecular complexity index is 1310. The Hall–Kier alpha value is -2.62. The van der Waals surface area contributed by atoms with Crippen LogP contribution in [-0.2, 0) is 5.75 Å². The number of para-hydroxylation sites is 1. The Kier molecular flexibility index (Phi) is 4.86. The maximum Gasteiger partial charge on any atom is 0.217 e. The van der Waals surface area contributed by atoms with Crippen LogP contribution in [-0.4, -0.2) is 33.8 Å². The minimum absolute atomic E-state index is 0.700. The van der Waals surface area contributed by atoms with E-state index >= 15 is 0 Å². The predicted molar refractivity (Wildman–Crippen MR) is 119 cm³/mol. The first-order chi connectivity index (χ1) is 14.3. The molecule has 0 aliphatic rings. The maximum absolute atomic E-state index is 5.40. The number of methoxy groups -OCH3 is 2. The molecule has 0 saturated heterocycles. The topological polar surface area (TPSA) is 61.5 Å². The SMILES string of the molecule is COc1ccc(-c2nc(CSc3nnc4sc5ccccc5n34)cs2)cc1OC. The molecule has 5 aromatic rings. The van der Waals surface area contributed by atoms with E-state index in [1.807, 2.05) is 30.3 Å². The van der Waals surface area contributed by atoms with Gasteiger partial charge in [0.25, 0.3) is 0 Å². The van der Waals surface area contributed by atoms with Crippen molar-refractivity contribution in [1.29, 1.82) is 0 Å². The van der Waals surface area contributed by atoms with Gasteiger partial charge in [0.05, 0.1) is 30.1 Å². The van der Waals surface area contributed by atoms with E-state index in [0.717, 1.165) is 37.7 Å². The van der Waals surface area contributed by atoms with E-state index in [1.165, 1.54) is 4.70 Å². The standard InChI is InChI=1S/C20H16N4O2S3/c1-25-15-8-7-12(9-16(15)26-2)18-21-13(10-27-18)11-28-19-22-23-20-24(19)14-5-3-4-6-17(14)29-20/h3-10H,11H2,1-2H3. The van der Waals surface area contributed by atoms with Crippen LogP contribution in [0.1, 0.15) is 5.69 Å². The molecule has 0 spiro atoms. The Morgan fingerprint density at radius 2 is 1.90 bits per heavy atom. The molecule has 0 N–H and O–H groups in total. The molecule has 0 aliphatic carbocycles. The first-order valence-electron chi connectivity index (χ1n) is 8.79. The molecule has 5 rings (SSSR count). The quantitative estimate of drug-likeness (QED) is 0.331. The number of hydrogen-bond donors (Lipinski definition) is 0. The summed E-state index contributed by atoms with van der Waals surface area (Å²) in [5.41, 5.74) is 3.17. The van der Waals surface area contributed by atoms with Crippen LogP contribution < -0.4 is 9.47 Å². The lowest BCUT2D eigenvalue weighted by molar-refractivity contribution is 0.355. The van der Waals surface area contributed by atoms with Gasteiger partial charge in [0.15, 0.2) is 16.7 Å². The Balaban J connectivity index is 1.38. The van der Waals surface area contributed by atoms with Gasteiger partial charge >= 0.3 is 0 Å². The van der Waals surface area contributed by atoms with E-state index in [2.05, 4.69) is 32.1 Å². The van der Waals surface area contributed by atoms with Gasteiger partial charge in [0.1, 0.15) is 5.01 Å². The number of hydrogen-bond acceptors (Lipinski definition) is 8. The molecular formula is C20H16N4O2S3. The number of thiazole rings is 2. The fourth-order valence-corrected chi connectivity index (χ4v) is 5.84. The lowest BCUT2D eigenvalue weighted by atomic mass is 10.2. The molecule has 29 heavy (non-hydrogen) atoms. The summed E-state index contributed by atoms with van der Waals surface area (Å²) in [7, 11) is 3.27. The van der Waals surface area contributed by atoms with E-state index in [9.17, 15) is 0 Å². The van der Waals surface area contributed by atoms with Gasteiger partial charge in [-0.2, -0.15) is 0 Å². The van der Waals surface area contributed by atoms with E-state index in [0.29, 0.717) is 11.5 Å². The highest BCUT2D eigenvalue weighted by Gasteiger charge is 2.14. The van der Waals surface area contributed by atoms with Crippen LogP contribution in [0.2, 0.25) is 0 Å². The molecule has 0 bridgehead atoms. The van der Waals surface area contributed by atoms with Crippen LogP contribution in [0, 0.1) is 0 Å². The van der Waals surface area contributed by atoms with Crippen LogP contribution in [0.25, 0.3) is 25.7 Å². The maximum atomic E-state index is 5.40. The molecule has 146 valence electrons. The summed E-state index contributed by atoms with van der Waals surface area (Å²) < 4.78 is 14.0. The largest absolute Gasteiger partial charge is 0.493 e. The molecule has 0 saturated carbocycles. The van der Waals surface area contributed by atoms with Crippen LogP contribution >= 0.6 is 34.4 Å². The van der Waals surface area contributed by atoms with Crippen molar-refractivity contribution in [3.8, 4) is 22.1 Å². The normalized spacial score (nSPS) is 11.4. The Labute approximate surface area is 179 Å². The van der Waals surface area contributed by atoms with Crippen LogP contribution in [0.4, 0.5) is 0 Å². The Morgan fingerprint density at radius 3 is 2.76 bits per heavy atom. The summed E-state index contributed by atoms with van der Waals surface area (Å²) >= 11 is 4.92. The van der Waals surface area contributed by atoms with Crippen molar-refractivity contribution >= 4 is 49.6 Å². The predicted octanol–water partition coefficient (Wildman–Crippen LogP) is 5.38. The zero-order valence-corrected chi connectivity index (χ0v) is 18.1. The number of benzene rings is 2. The lowest BCUT2D eigenvalue weighted by Gasteiger charge is -2.08. The monoisotopic (exact) mass is 440 g/mol. The van der Waals surface area contributed by atoms with Gasteiger partial charge in [-0.15, -0.1) is 21.5 Å². The summed E-state index contributed by atoms with van der Waals surface area (Å²) in [6.45, 7) is 0. The van der Waals surface area contributed by atoms with Crippen LogP contribution in [0.3, 0.4) is 0 Å². The molecule has 2 aromatic carbocycles. The van der Waals surface area contributed by atoms with Crippen molar-refractivity contribution in [2.75, 3.05) is 14.2 Å². The molecule has 0 unspecified atom stereocenters. The van der Waals surface area contributed by atoms with Crippen molar-refractivity contribution in [3.05, 3.63) is 53.5 Å². The average molecular weight is 441 g/mol. The third kappa shape index (κ3) is 3.35. The number of nitrogens with zero attached hydrogens (tertiary/aromatic N) is 4. The van der Waals surface area contributed by atoms with Gasteiger partial charge in [-0.3, -0.25) is 4.40 Å². The van der Waals surface area contributed by atoms with Gasteiger partial charge < -0.3 is 9.47 Å². The van der Waals surface area contributed by atoms with Crippen molar-refractivity contribution < 1.29 is 9.47 Å². The second kappa shape index (κ2) is 7.66. The van der Waals surface area contributed by atoms with Crippen molar-refractivity contribution in [1.82, 2.24) is 19.6 Å². The fraction of sp³-hybridized carbons (Fsp3) is 0.150. The summed E-state index contributed by atoms with van der Waals surface area (Å²) in [4.78, 5) is 5.70. The second-order valence-electron chi connectivity index (χ2n) is 6.17. The Morgan fingerprint density at radius 1 is 1.03 bits per heavy atom. The number of thioether (sulfide) groups is 1. The highest BCUT2D eigenvalue weighted by atomic mass is 32.2. The molecule has 3 heterocycles. The third-order valence-corrected chi connectivity index (χ3v) is 7.36. The van der Waals surface area contributed by atoms with Crippen molar-refractivity contribution in [2.24, 2.45) is 0 Å². The molecular weight excluding hydrogens is 424 g/mol. The number of aromatic nitrogens is 4. The smallest absolute Gasteiger partial charge is 0.217 e. The summed E-state index contributed by atoms with van der Waals surface area (Å²) in [5.74, 6) is 2.14. The fourth-order valence-electron chi connectivity index (χ4n) is 3.06. The van der Waals surface area contributed by atoms with Crippen molar-refractivity contribution in [2.45, 2.75) is 10.9 Å². The average Bonchev–Trinajstić information content (AvgIpc) is 3.47. The minimum Gasteiger partial charge on any atom is -0.493 e. The molecule has 0 atom stereocenters. The first-order valence-corrected chi connectivity index (χ1v) is 11.5. The summed E-state index contributed by atoms with van der Waals surface area (Å²) in [6, 6.07) is 14.1. The highest BCUT2D eigenvalue weighted by Crippen LogP contribution is 2.35. The molecule has 0 fully saturated rings. The third-order valence-electron chi connectivity index (χ3n) is 4.44. The lowest BCUT2D eigenvalue weighted by Crippen LogP contribution is -1.91. The summed E-state index contributed by atoms with van der Waals surface area (Å²) in [6.07, 6.45) is 0. The molecule has 6 nitrogen and oxygen atoms in total. The van der Waals surface area contributed by atoms with Gasteiger partial charge in [-0.1, -0.05) is 35.2 Å². The summed E-state index contributed by atoms with van der Waals surface area (Å²) in [5, 5.41) is 12.6. The second-order valence-corrected chi connectivity index (χ2v) is 8.98. The van der Waals surface area contributed by atoms with Gasteiger partial charge in [-0.05, 0) is 30.3 Å². The van der Waals surface area contributed by atoms with Gasteiger partial charge in [0, 0.05) is 16.7 Å². The molecule has 0 radical (unpaired) electrons. The zero-order valence-electron chi connectivity index (χ0n) is 15.7. The minimum atomic E-state index is 0.700. The molecule has 3 aromatic heterocycles. The number of rotatable bonds is 6. The number of ether oxygens (including phenoxy) is 2. The van der Waals surface area contributed by atoms with Gasteiger partial charge in [0.2, 0.25) is 4.96 Å². The van der Waals surface area contributed by atoms with E-state index in [1.54, 1.807) is 48.7 Å².